The van der Waals surface area contributed by atoms with Crippen LogP contribution in [0.4, 0.5) is 0 Å². The standard InChI is InChI=1S/C20H29NO2/c22-20(21-17-8-2-1-3-9-17)14-13-16-7-6-12-19(15-16)23-18-10-4-5-11-18/h6-7,12,15,17-18H,1-5,8-11,13-14H2,(H,21,22). The molecule has 3 heteroatoms. The van der Waals surface area contributed by atoms with Crippen LogP contribution >= 0.6 is 0 Å². The summed E-state index contributed by atoms with van der Waals surface area (Å²) in [6.45, 7) is 0. The van der Waals surface area contributed by atoms with Crippen LogP contribution in [-0.4, -0.2) is 18.1 Å². The summed E-state index contributed by atoms with van der Waals surface area (Å²) in [5.74, 6) is 1.15. The number of amides is 1. The minimum Gasteiger partial charge on any atom is -0.490 e. The largest absolute Gasteiger partial charge is 0.490 e. The average molecular weight is 315 g/mol. The minimum atomic E-state index is 0.194. The molecule has 2 aliphatic carbocycles. The summed E-state index contributed by atoms with van der Waals surface area (Å²) in [5.41, 5.74) is 1.19. The number of carbonyl (C=O) groups is 1. The van der Waals surface area contributed by atoms with E-state index in [1.54, 1.807) is 0 Å². The maximum Gasteiger partial charge on any atom is 0.220 e. The lowest BCUT2D eigenvalue weighted by molar-refractivity contribution is -0.121. The number of hydrogen-bond donors (Lipinski definition) is 1. The van der Waals surface area contributed by atoms with Gasteiger partial charge in [-0.15, -0.1) is 0 Å². The van der Waals surface area contributed by atoms with Gasteiger partial charge in [-0.2, -0.15) is 0 Å². The number of hydrogen-bond acceptors (Lipinski definition) is 2. The molecular weight excluding hydrogens is 286 g/mol. The van der Waals surface area contributed by atoms with Crippen LogP contribution < -0.4 is 10.1 Å². The van der Waals surface area contributed by atoms with Gasteiger partial charge in [-0.3, -0.25) is 4.79 Å². The summed E-state index contributed by atoms with van der Waals surface area (Å²) in [4.78, 5) is 12.1. The van der Waals surface area contributed by atoms with E-state index in [0.29, 0.717) is 18.6 Å². The van der Waals surface area contributed by atoms with Crippen molar-refractivity contribution in [2.75, 3.05) is 0 Å². The topological polar surface area (TPSA) is 38.3 Å². The van der Waals surface area contributed by atoms with Crippen LogP contribution in [0.3, 0.4) is 0 Å². The van der Waals surface area contributed by atoms with Gasteiger partial charge < -0.3 is 10.1 Å². The van der Waals surface area contributed by atoms with Gasteiger partial charge in [0.1, 0.15) is 5.75 Å². The van der Waals surface area contributed by atoms with Crippen molar-refractivity contribution in [3.8, 4) is 5.75 Å². The lowest BCUT2D eigenvalue weighted by atomic mass is 9.95. The highest BCUT2D eigenvalue weighted by atomic mass is 16.5. The van der Waals surface area contributed by atoms with Crippen molar-refractivity contribution in [2.45, 2.75) is 82.8 Å². The highest BCUT2D eigenvalue weighted by Gasteiger charge is 2.17. The second kappa shape index (κ2) is 8.37. The molecule has 2 aliphatic rings. The molecule has 126 valence electrons. The molecule has 0 bridgehead atoms. The van der Waals surface area contributed by atoms with Crippen LogP contribution in [0, 0.1) is 0 Å². The van der Waals surface area contributed by atoms with Gasteiger partial charge in [-0.05, 0) is 62.6 Å². The van der Waals surface area contributed by atoms with Gasteiger partial charge in [0.15, 0.2) is 0 Å². The number of rotatable bonds is 6. The summed E-state index contributed by atoms with van der Waals surface area (Å²) in [7, 11) is 0. The minimum absolute atomic E-state index is 0.194. The van der Waals surface area contributed by atoms with Crippen molar-refractivity contribution >= 4 is 5.91 Å². The van der Waals surface area contributed by atoms with E-state index in [1.165, 1.54) is 50.5 Å². The fourth-order valence-electron chi connectivity index (χ4n) is 3.78. The highest BCUT2D eigenvalue weighted by molar-refractivity contribution is 5.76. The van der Waals surface area contributed by atoms with E-state index >= 15 is 0 Å². The predicted octanol–water partition coefficient (Wildman–Crippen LogP) is 4.39. The van der Waals surface area contributed by atoms with Crippen molar-refractivity contribution in [2.24, 2.45) is 0 Å². The number of benzene rings is 1. The van der Waals surface area contributed by atoms with Gasteiger partial charge in [0, 0.05) is 12.5 Å². The Labute approximate surface area is 139 Å². The molecule has 0 saturated heterocycles. The summed E-state index contributed by atoms with van der Waals surface area (Å²) in [5, 5.41) is 3.19. The van der Waals surface area contributed by atoms with E-state index in [0.717, 1.165) is 25.0 Å². The maximum atomic E-state index is 12.1. The van der Waals surface area contributed by atoms with Crippen LogP contribution in [0.2, 0.25) is 0 Å². The molecule has 0 aromatic heterocycles. The van der Waals surface area contributed by atoms with Crippen LogP contribution in [0.5, 0.6) is 5.75 Å². The monoisotopic (exact) mass is 315 g/mol. The summed E-state index contributed by atoms with van der Waals surface area (Å²) < 4.78 is 6.04. The third-order valence-corrected chi connectivity index (χ3v) is 5.11. The Bertz CT molecular complexity index is 502. The lowest BCUT2D eigenvalue weighted by Crippen LogP contribution is -2.36. The Kier molecular flexibility index (Phi) is 5.95. The zero-order valence-corrected chi connectivity index (χ0v) is 14.1. The SMILES string of the molecule is O=C(CCc1cccc(OC2CCCC2)c1)NC1CCCCC1. The molecule has 1 N–H and O–H groups in total. The molecule has 3 nitrogen and oxygen atoms in total. The number of aryl methyl sites for hydroxylation is 1. The Morgan fingerprint density at radius 2 is 1.78 bits per heavy atom. The summed E-state index contributed by atoms with van der Waals surface area (Å²) >= 11 is 0. The molecule has 2 saturated carbocycles. The van der Waals surface area contributed by atoms with E-state index in [2.05, 4.69) is 17.4 Å². The molecule has 1 aromatic rings. The van der Waals surface area contributed by atoms with Crippen LogP contribution in [-0.2, 0) is 11.2 Å². The molecular formula is C20H29NO2. The van der Waals surface area contributed by atoms with Crippen molar-refractivity contribution in [3.05, 3.63) is 29.8 Å². The smallest absolute Gasteiger partial charge is 0.220 e. The molecule has 0 radical (unpaired) electrons. The molecule has 0 aliphatic heterocycles. The fourth-order valence-corrected chi connectivity index (χ4v) is 3.78. The fraction of sp³-hybridized carbons (Fsp3) is 0.650. The van der Waals surface area contributed by atoms with Gasteiger partial charge in [0.05, 0.1) is 6.10 Å². The Balaban J connectivity index is 1.44. The Morgan fingerprint density at radius 1 is 1.04 bits per heavy atom. The molecule has 0 unspecified atom stereocenters. The number of ether oxygens (including phenoxy) is 1. The lowest BCUT2D eigenvalue weighted by Gasteiger charge is -2.22. The van der Waals surface area contributed by atoms with Crippen LogP contribution in [0.15, 0.2) is 24.3 Å². The zero-order chi connectivity index (χ0) is 15.9. The first-order valence-electron chi connectivity index (χ1n) is 9.34. The van der Waals surface area contributed by atoms with Gasteiger partial charge in [-0.1, -0.05) is 31.4 Å². The molecule has 23 heavy (non-hydrogen) atoms. The molecule has 3 rings (SSSR count). The third kappa shape index (κ3) is 5.26. The second-order valence-electron chi connectivity index (χ2n) is 7.07. The molecule has 2 fully saturated rings. The number of nitrogens with one attached hydrogen (secondary N) is 1. The maximum absolute atomic E-state index is 12.1. The van der Waals surface area contributed by atoms with E-state index in [1.807, 2.05) is 12.1 Å². The second-order valence-corrected chi connectivity index (χ2v) is 7.07. The first-order chi connectivity index (χ1) is 11.3. The van der Waals surface area contributed by atoms with Crippen molar-refractivity contribution in [1.82, 2.24) is 5.32 Å². The summed E-state index contributed by atoms with van der Waals surface area (Å²) in [6, 6.07) is 8.68. The Morgan fingerprint density at radius 3 is 2.57 bits per heavy atom. The number of carbonyl (C=O) groups excluding carboxylic acids is 1. The van der Waals surface area contributed by atoms with Gasteiger partial charge in [0.25, 0.3) is 0 Å². The van der Waals surface area contributed by atoms with Crippen molar-refractivity contribution in [3.63, 3.8) is 0 Å². The molecule has 0 heterocycles. The average Bonchev–Trinajstić information content (AvgIpc) is 3.07. The molecule has 1 amide bonds. The molecule has 0 atom stereocenters. The van der Waals surface area contributed by atoms with Gasteiger partial charge in [0.2, 0.25) is 5.91 Å². The predicted molar refractivity (Wildman–Crippen MR) is 92.7 cm³/mol. The van der Waals surface area contributed by atoms with Crippen LogP contribution in [0.1, 0.15) is 69.8 Å². The third-order valence-electron chi connectivity index (χ3n) is 5.11. The van der Waals surface area contributed by atoms with E-state index in [4.69, 9.17) is 4.74 Å². The van der Waals surface area contributed by atoms with Crippen molar-refractivity contribution < 1.29 is 9.53 Å². The van der Waals surface area contributed by atoms with Gasteiger partial charge in [-0.25, -0.2) is 0 Å². The van der Waals surface area contributed by atoms with Gasteiger partial charge >= 0.3 is 0 Å². The normalized spacial score (nSPS) is 19.7. The first kappa shape index (κ1) is 16.4. The molecule has 0 spiro atoms. The first-order valence-corrected chi connectivity index (χ1v) is 9.34. The van der Waals surface area contributed by atoms with E-state index in [-0.39, 0.29) is 5.91 Å². The van der Waals surface area contributed by atoms with E-state index in [9.17, 15) is 4.79 Å². The van der Waals surface area contributed by atoms with Crippen molar-refractivity contribution in [1.29, 1.82) is 0 Å². The quantitative estimate of drug-likeness (QED) is 0.845. The summed E-state index contributed by atoms with van der Waals surface area (Å²) in [6.07, 6.45) is 12.8. The molecule has 1 aromatic carbocycles. The zero-order valence-electron chi connectivity index (χ0n) is 14.1. The van der Waals surface area contributed by atoms with Crippen LogP contribution in [0.25, 0.3) is 0 Å². The highest BCUT2D eigenvalue weighted by Crippen LogP contribution is 2.25. The van der Waals surface area contributed by atoms with E-state index < -0.39 is 0 Å². The Hall–Kier alpha value is -1.51.